The van der Waals surface area contributed by atoms with Crippen LogP contribution in [0.3, 0.4) is 0 Å². The number of aryl methyl sites for hydroxylation is 1. The molecule has 3 aliphatic rings. The number of hydrogen-bond donors (Lipinski definition) is 1. The Kier molecular flexibility index (Phi) is 11.8. The van der Waals surface area contributed by atoms with Gasteiger partial charge in [-0.3, -0.25) is 14.8 Å². The van der Waals surface area contributed by atoms with Crippen LogP contribution in [-0.4, -0.2) is 33.9 Å². The van der Waals surface area contributed by atoms with Crippen molar-refractivity contribution >= 4 is 43.1 Å². The summed E-state index contributed by atoms with van der Waals surface area (Å²) in [5.74, 6) is 0.555. The number of nitrogens with zero attached hydrogens (tertiary/aromatic N) is 3. The van der Waals surface area contributed by atoms with E-state index in [0.717, 1.165) is 49.2 Å². The molecular weight excluding hydrogens is 479 g/mol. The largest absolute Gasteiger partial charge is 0.339 e. The van der Waals surface area contributed by atoms with Crippen molar-refractivity contribution in [3.8, 4) is 11.1 Å². The van der Waals surface area contributed by atoms with E-state index in [1.807, 2.05) is 36.4 Å². The van der Waals surface area contributed by atoms with E-state index in [2.05, 4.69) is 40.3 Å². The molecule has 1 amide bonds. The smallest absolute Gasteiger partial charge is 0.255 e. The summed E-state index contributed by atoms with van der Waals surface area (Å²) in [6, 6.07) is 14.3. The molecule has 2 aromatic rings. The van der Waals surface area contributed by atoms with Gasteiger partial charge in [-0.05, 0) is 65.6 Å². The molecule has 2 N–H and O–H groups in total. The van der Waals surface area contributed by atoms with Crippen LogP contribution in [0.4, 0.5) is 0 Å². The van der Waals surface area contributed by atoms with Crippen molar-refractivity contribution < 1.29 is 4.79 Å². The van der Waals surface area contributed by atoms with Crippen molar-refractivity contribution in [1.82, 2.24) is 14.9 Å². The topological polar surface area (TPSA) is 72.1 Å². The van der Waals surface area contributed by atoms with Crippen LogP contribution in [0, 0.1) is 0 Å². The van der Waals surface area contributed by atoms with Crippen molar-refractivity contribution in [2.75, 3.05) is 13.1 Å². The highest BCUT2D eigenvalue weighted by Gasteiger charge is 2.26. The van der Waals surface area contributed by atoms with E-state index < -0.39 is 0 Å². The third kappa shape index (κ3) is 7.15. The van der Waals surface area contributed by atoms with Crippen molar-refractivity contribution in [3.05, 3.63) is 83.4 Å². The quantitative estimate of drug-likeness (QED) is 0.397. The fourth-order valence-corrected chi connectivity index (χ4v) is 4.02. The molecule has 0 unspecified atom stereocenters. The molecule has 0 spiro atoms. The van der Waals surface area contributed by atoms with Gasteiger partial charge in [0.15, 0.2) is 0 Å². The van der Waals surface area contributed by atoms with E-state index in [4.69, 9.17) is 5.73 Å². The Balaban J connectivity index is 0.000000519. The number of carbonyl (C=O) groups excluding carboxylic acids is 1. The highest BCUT2D eigenvalue weighted by Crippen LogP contribution is 2.32. The number of pyridine rings is 2. The van der Waals surface area contributed by atoms with Gasteiger partial charge in [-0.25, -0.2) is 0 Å². The molecule has 178 valence electrons. The maximum Gasteiger partial charge on any atom is 0.255 e. The van der Waals surface area contributed by atoms with Gasteiger partial charge in [0.25, 0.3) is 5.91 Å². The molecule has 2 aromatic heterocycles. The van der Waals surface area contributed by atoms with Crippen molar-refractivity contribution in [2.45, 2.75) is 38.6 Å². The lowest BCUT2D eigenvalue weighted by molar-refractivity contribution is 0.0711. The lowest BCUT2D eigenvalue weighted by atomic mass is 9.89. The van der Waals surface area contributed by atoms with Crippen molar-refractivity contribution in [1.29, 1.82) is 0 Å². The minimum absolute atomic E-state index is 0. The summed E-state index contributed by atoms with van der Waals surface area (Å²) in [6.45, 7) is 4.09. The van der Waals surface area contributed by atoms with Gasteiger partial charge in [-0.2, -0.15) is 0 Å². The average molecular weight is 510 g/mol. The van der Waals surface area contributed by atoms with Gasteiger partial charge in [0, 0.05) is 38.2 Å². The number of benzene rings is 1. The molecule has 0 saturated carbocycles. The predicted octanol–water partition coefficient (Wildman–Crippen LogP) is 5.45. The van der Waals surface area contributed by atoms with Crippen LogP contribution in [-0.2, 0) is 13.0 Å². The number of nitrogens with two attached hydrogens (primary N) is 1. The molecule has 1 fully saturated rings. The number of fused-ring (bicyclic) bond motifs is 1. The van der Waals surface area contributed by atoms with E-state index in [9.17, 15) is 4.79 Å². The first-order valence-electron chi connectivity index (χ1n) is 10.7. The van der Waals surface area contributed by atoms with E-state index in [0.29, 0.717) is 12.5 Å². The van der Waals surface area contributed by atoms with Gasteiger partial charge in [0.2, 0.25) is 0 Å². The predicted molar refractivity (Wildman–Crippen MR) is 141 cm³/mol. The van der Waals surface area contributed by atoms with Crippen LogP contribution in [0.25, 0.3) is 11.1 Å². The second kappa shape index (κ2) is 13.5. The molecular formula is C25H31Cl3N4O. The number of hydrogen-bond acceptors (Lipinski definition) is 4. The summed E-state index contributed by atoms with van der Waals surface area (Å²) < 4.78 is 0. The number of carbonyl (C=O) groups is 1. The molecule has 1 saturated heterocycles. The summed E-state index contributed by atoms with van der Waals surface area (Å²) in [5.41, 5.74) is 12.5. The van der Waals surface area contributed by atoms with Crippen LogP contribution in [0.2, 0.25) is 0 Å². The third-order valence-corrected chi connectivity index (χ3v) is 5.87. The first-order chi connectivity index (χ1) is 14.7. The van der Waals surface area contributed by atoms with E-state index in [-0.39, 0.29) is 43.1 Å². The Labute approximate surface area is 214 Å². The lowest BCUT2D eigenvalue weighted by Crippen LogP contribution is -2.38. The lowest BCUT2D eigenvalue weighted by Gasteiger charge is -2.32. The van der Waals surface area contributed by atoms with E-state index >= 15 is 0 Å². The molecule has 5 rings (SSSR count). The zero-order chi connectivity index (χ0) is 20.9. The Hall–Kier alpha value is -2.18. The van der Waals surface area contributed by atoms with Gasteiger partial charge in [0.1, 0.15) is 0 Å². The maximum absolute atomic E-state index is 12.8. The summed E-state index contributed by atoms with van der Waals surface area (Å²) in [5, 5.41) is 0. The van der Waals surface area contributed by atoms with Gasteiger partial charge in [0.05, 0.1) is 11.3 Å². The highest BCUT2D eigenvalue weighted by atomic mass is 35.5. The maximum atomic E-state index is 12.8. The molecule has 0 aromatic carbocycles. The van der Waals surface area contributed by atoms with E-state index in [1.165, 1.54) is 16.7 Å². The van der Waals surface area contributed by atoms with Gasteiger partial charge >= 0.3 is 0 Å². The zero-order valence-corrected chi connectivity index (χ0v) is 21.1. The number of amides is 1. The molecule has 3 heterocycles. The average Bonchev–Trinajstić information content (AvgIpc) is 3.43. The Morgan fingerprint density at radius 1 is 1.03 bits per heavy atom. The van der Waals surface area contributed by atoms with Crippen LogP contribution < -0.4 is 5.73 Å². The zero-order valence-electron chi connectivity index (χ0n) is 18.6. The van der Waals surface area contributed by atoms with Gasteiger partial charge in [-0.15, -0.1) is 37.2 Å². The van der Waals surface area contributed by atoms with E-state index in [1.54, 1.807) is 6.20 Å². The molecule has 0 bridgehead atoms. The van der Waals surface area contributed by atoms with Crippen LogP contribution in [0.5, 0.6) is 0 Å². The molecule has 1 aliphatic heterocycles. The minimum atomic E-state index is 0. The van der Waals surface area contributed by atoms with Crippen LogP contribution in [0.15, 0.2) is 61.1 Å². The molecule has 5 nitrogen and oxygen atoms in total. The van der Waals surface area contributed by atoms with Crippen LogP contribution in [0.1, 0.15) is 52.9 Å². The fourth-order valence-electron chi connectivity index (χ4n) is 4.02. The molecule has 33 heavy (non-hydrogen) atoms. The normalized spacial score (nSPS) is 13.3. The fraction of sp³-hybridized carbons (Fsp3) is 0.320. The van der Waals surface area contributed by atoms with Crippen LogP contribution >= 0.6 is 37.2 Å². The molecule has 8 heteroatoms. The Bertz CT molecular complexity index is 1020. The SMILES string of the molecule is CCc1ncccc1C(=O)N1CCC(c2cncc(CN)c2)CC1.Cl.Cl.Cl.c1cc2cc-2c1. The number of piperidine rings is 1. The Morgan fingerprint density at radius 2 is 1.73 bits per heavy atom. The summed E-state index contributed by atoms with van der Waals surface area (Å²) in [7, 11) is 0. The first kappa shape index (κ1) is 28.9. The van der Waals surface area contributed by atoms with Gasteiger partial charge < -0.3 is 10.6 Å². The summed E-state index contributed by atoms with van der Waals surface area (Å²) in [6.07, 6.45) is 8.19. The first-order valence-corrected chi connectivity index (χ1v) is 10.7. The number of likely N-dealkylation sites (tertiary alicyclic amines) is 1. The number of rotatable bonds is 4. The van der Waals surface area contributed by atoms with Crippen molar-refractivity contribution in [3.63, 3.8) is 0 Å². The number of halogens is 3. The van der Waals surface area contributed by atoms with Crippen molar-refractivity contribution in [2.24, 2.45) is 5.73 Å². The second-order valence-corrected chi connectivity index (χ2v) is 7.83. The number of aromatic nitrogens is 2. The van der Waals surface area contributed by atoms with Gasteiger partial charge in [-0.1, -0.05) is 31.2 Å². The second-order valence-electron chi connectivity index (χ2n) is 7.83. The standard InChI is InChI=1S/C19H24N4O.C6H4.3ClH/c1-2-18-17(4-3-7-22-18)19(24)23-8-5-15(6-9-23)16-10-14(11-20)12-21-13-16;1-2-5-4-6(5)3-1;;;/h3-4,7,10,12-13,15H,2,5-6,8-9,11,20H2,1H3;1-4H;3*1H. The third-order valence-electron chi connectivity index (χ3n) is 5.87. The summed E-state index contributed by atoms with van der Waals surface area (Å²) >= 11 is 0. The summed E-state index contributed by atoms with van der Waals surface area (Å²) in [4.78, 5) is 23.3. The Morgan fingerprint density at radius 3 is 2.27 bits per heavy atom. The highest BCUT2D eigenvalue weighted by molar-refractivity contribution is 5.95. The monoisotopic (exact) mass is 508 g/mol. The molecule has 0 atom stereocenters. The molecule has 0 radical (unpaired) electrons. The molecule has 2 aliphatic carbocycles. The minimum Gasteiger partial charge on any atom is -0.339 e.